The molecule has 0 aliphatic heterocycles. The molecule has 0 aromatic heterocycles. The van der Waals surface area contributed by atoms with Crippen LogP contribution >= 0.6 is 0 Å². The van der Waals surface area contributed by atoms with E-state index in [1.54, 1.807) is 0 Å². The molecule has 0 atom stereocenters. The first kappa shape index (κ1) is 22.4. The maximum atomic E-state index is 2.56. The molecule has 7 aromatic rings. The normalized spacial score (nSPS) is 15.9. The van der Waals surface area contributed by atoms with Crippen LogP contribution in [0.3, 0.4) is 0 Å². The zero-order valence-corrected chi connectivity index (χ0v) is 23.4. The maximum Gasteiger partial charge on any atom is 0.0165 e. The number of hydrogen-bond acceptors (Lipinski definition) is 0. The minimum absolute atomic E-state index is 0.0453. The Balaban J connectivity index is 1.41. The first-order valence-corrected chi connectivity index (χ1v) is 14.5. The Morgan fingerprint density at radius 1 is 0.400 bits per heavy atom. The summed E-state index contributed by atoms with van der Waals surface area (Å²) >= 11 is 0. The zero-order chi connectivity index (χ0) is 27.0. The van der Waals surface area contributed by atoms with Crippen molar-refractivity contribution in [1.29, 1.82) is 0 Å². The van der Waals surface area contributed by atoms with Crippen molar-refractivity contribution in [2.45, 2.75) is 38.5 Å². The molecule has 0 saturated heterocycles. The van der Waals surface area contributed by atoms with E-state index in [0.717, 1.165) is 0 Å². The highest BCUT2D eigenvalue weighted by atomic mass is 14.5. The number of hydrogen-bond donors (Lipinski definition) is 0. The van der Waals surface area contributed by atoms with Gasteiger partial charge in [-0.1, -0.05) is 125 Å². The van der Waals surface area contributed by atoms with Gasteiger partial charge in [-0.05, 0) is 99.7 Å². The maximum absolute atomic E-state index is 2.56. The third kappa shape index (κ3) is 2.53. The van der Waals surface area contributed by atoms with Crippen LogP contribution in [0, 0.1) is 0 Å². The van der Waals surface area contributed by atoms with Crippen LogP contribution in [0.2, 0.25) is 0 Å². The van der Waals surface area contributed by atoms with E-state index in [0.29, 0.717) is 0 Å². The lowest BCUT2D eigenvalue weighted by atomic mass is 9.77. The topological polar surface area (TPSA) is 0 Å². The molecule has 0 saturated carbocycles. The van der Waals surface area contributed by atoms with Crippen molar-refractivity contribution in [2.75, 3.05) is 0 Å². The Bertz CT molecular complexity index is 2220. The summed E-state index contributed by atoms with van der Waals surface area (Å²) in [6.45, 7) is 9.69. The molecule has 0 bridgehead atoms. The first-order chi connectivity index (χ1) is 19.4. The lowest BCUT2D eigenvalue weighted by molar-refractivity contribution is 0.654. The highest BCUT2D eigenvalue weighted by Crippen LogP contribution is 2.59. The Morgan fingerprint density at radius 2 is 0.950 bits per heavy atom. The molecule has 0 amide bonds. The fraction of sp³-hybridized carbons (Fsp3) is 0.150. The van der Waals surface area contributed by atoms with Crippen molar-refractivity contribution in [3.05, 3.63) is 131 Å². The molecule has 0 heterocycles. The van der Waals surface area contributed by atoms with Gasteiger partial charge in [0.05, 0.1) is 0 Å². The molecule has 0 unspecified atom stereocenters. The summed E-state index contributed by atoms with van der Waals surface area (Å²) in [6, 6.07) is 41.4. The molecular formula is C40H30. The Morgan fingerprint density at radius 3 is 1.68 bits per heavy atom. The minimum Gasteiger partial charge on any atom is -0.0616 e. The molecular weight excluding hydrogens is 480 g/mol. The Labute approximate surface area is 234 Å². The van der Waals surface area contributed by atoms with Crippen LogP contribution < -0.4 is 0 Å². The fourth-order valence-electron chi connectivity index (χ4n) is 8.30. The van der Waals surface area contributed by atoms with Crippen molar-refractivity contribution in [1.82, 2.24) is 0 Å². The molecule has 40 heavy (non-hydrogen) atoms. The molecule has 0 radical (unpaired) electrons. The molecule has 190 valence electrons. The van der Waals surface area contributed by atoms with Crippen LogP contribution in [-0.4, -0.2) is 0 Å². The van der Waals surface area contributed by atoms with Gasteiger partial charge in [-0.2, -0.15) is 0 Å². The van der Waals surface area contributed by atoms with Crippen LogP contribution in [-0.2, 0) is 10.8 Å². The Kier molecular flexibility index (Phi) is 4.03. The average molecular weight is 511 g/mol. The molecule has 7 aromatic carbocycles. The second-order valence-electron chi connectivity index (χ2n) is 12.9. The second kappa shape index (κ2) is 7.20. The van der Waals surface area contributed by atoms with Gasteiger partial charge >= 0.3 is 0 Å². The van der Waals surface area contributed by atoms with Gasteiger partial charge in [0.1, 0.15) is 0 Å². The monoisotopic (exact) mass is 510 g/mol. The van der Waals surface area contributed by atoms with Gasteiger partial charge in [-0.15, -0.1) is 0 Å². The van der Waals surface area contributed by atoms with E-state index < -0.39 is 0 Å². The third-order valence-electron chi connectivity index (χ3n) is 10.2. The van der Waals surface area contributed by atoms with E-state index in [1.165, 1.54) is 87.6 Å². The molecule has 0 fully saturated rings. The van der Waals surface area contributed by atoms with Crippen LogP contribution in [0.5, 0.6) is 0 Å². The predicted molar refractivity (Wildman–Crippen MR) is 172 cm³/mol. The summed E-state index contributed by atoms with van der Waals surface area (Å²) in [4.78, 5) is 0. The van der Waals surface area contributed by atoms with Crippen LogP contribution in [0.15, 0.2) is 109 Å². The number of fused-ring (bicyclic) bond motifs is 15. The molecule has 0 spiro atoms. The molecule has 0 N–H and O–H groups in total. The SMILES string of the molecule is CC1(C)c2cc3c(cc2-c2c1ccc1ccccc21)C(C)(C)c1c-3ccc2c3ccccc3c3ccccc3c12. The lowest BCUT2D eigenvalue weighted by Crippen LogP contribution is -2.17. The predicted octanol–water partition coefficient (Wildman–Crippen LogP) is 10.9. The largest absolute Gasteiger partial charge is 0.0616 e. The highest BCUT2D eigenvalue weighted by Gasteiger charge is 2.43. The van der Waals surface area contributed by atoms with E-state index in [4.69, 9.17) is 0 Å². The molecule has 2 aliphatic rings. The van der Waals surface area contributed by atoms with Crippen LogP contribution in [0.4, 0.5) is 0 Å². The van der Waals surface area contributed by atoms with Gasteiger partial charge < -0.3 is 0 Å². The summed E-state index contributed by atoms with van der Waals surface area (Å²) in [7, 11) is 0. The smallest absolute Gasteiger partial charge is 0.0165 e. The van der Waals surface area contributed by atoms with Crippen molar-refractivity contribution in [3.8, 4) is 22.3 Å². The van der Waals surface area contributed by atoms with E-state index in [2.05, 4.69) is 137 Å². The average Bonchev–Trinajstić information content (AvgIpc) is 3.35. The Hall–Kier alpha value is -4.42. The molecule has 2 aliphatic carbocycles. The molecule has 9 rings (SSSR count). The van der Waals surface area contributed by atoms with Gasteiger partial charge in [0, 0.05) is 10.8 Å². The first-order valence-electron chi connectivity index (χ1n) is 14.5. The van der Waals surface area contributed by atoms with Crippen LogP contribution in [0.25, 0.3) is 65.3 Å². The zero-order valence-electron chi connectivity index (χ0n) is 23.4. The van der Waals surface area contributed by atoms with Gasteiger partial charge in [0.15, 0.2) is 0 Å². The van der Waals surface area contributed by atoms with Gasteiger partial charge in [0.2, 0.25) is 0 Å². The van der Waals surface area contributed by atoms with Crippen LogP contribution in [0.1, 0.15) is 49.9 Å². The van der Waals surface area contributed by atoms with Crippen molar-refractivity contribution in [3.63, 3.8) is 0 Å². The summed E-state index contributed by atoms with van der Waals surface area (Å²) < 4.78 is 0. The quantitative estimate of drug-likeness (QED) is 0.178. The lowest BCUT2D eigenvalue weighted by Gasteiger charge is -2.25. The van der Waals surface area contributed by atoms with Crippen molar-refractivity contribution in [2.24, 2.45) is 0 Å². The van der Waals surface area contributed by atoms with Gasteiger partial charge in [-0.25, -0.2) is 0 Å². The summed E-state index contributed by atoms with van der Waals surface area (Å²) in [5, 5.41) is 10.8. The summed E-state index contributed by atoms with van der Waals surface area (Å²) in [6.07, 6.45) is 0. The minimum atomic E-state index is -0.123. The van der Waals surface area contributed by atoms with E-state index in [1.807, 2.05) is 0 Å². The van der Waals surface area contributed by atoms with Gasteiger partial charge in [-0.3, -0.25) is 0 Å². The fourth-order valence-corrected chi connectivity index (χ4v) is 8.30. The third-order valence-corrected chi connectivity index (χ3v) is 10.2. The number of benzene rings is 7. The van der Waals surface area contributed by atoms with Crippen molar-refractivity contribution >= 4 is 43.1 Å². The number of rotatable bonds is 0. The molecule has 0 heteroatoms. The van der Waals surface area contributed by atoms with E-state index in [9.17, 15) is 0 Å². The molecule has 0 nitrogen and oxygen atoms in total. The van der Waals surface area contributed by atoms with E-state index >= 15 is 0 Å². The highest BCUT2D eigenvalue weighted by molar-refractivity contribution is 6.27. The van der Waals surface area contributed by atoms with Gasteiger partial charge in [0.25, 0.3) is 0 Å². The second-order valence-corrected chi connectivity index (χ2v) is 12.9. The van der Waals surface area contributed by atoms with Crippen molar-refractivity contribution < 1.29 is 0 Å². The summed E-state index contributed by atoms with van der Waals surface area (Å²) in [5.41, 5.74) is 11.3. The summed E-state index contributed by atoms with van der Waals surface area (Å²) in [5.74, 6) is 0. The van der Waals surface area contributed by atoms with E-state index in [-0.39, 0.29) is 10.8 Å². The standard InChI is InChI=1S/C40H30/c1-39(2)33-20-17-23-11-5-6-12-24(23)36(33)32-22-34-31(21-35(32)39)30-19-18-29-27-15-8-7-13-25(27)26-14-9-10-16-28(26)37(29)38(30)40(34,3)4/h5-22H,1-4H3.